The van der Waals surface area contributed by atoms with Gasteiger partial charge in [-0.2, -0.15) is 0 Å². The highest BCUT2D eigenvalue weighted by molar-refractivity contribution is 5.03. The summed E-state index contributed by atoms with van der Waals surface area (Å²) in [5.74, 6) is 0. The lowest BCUT2D eigenvalue weighted by Crippen LogP contribution is -1.80. The fourth-order valence-electron chi connectivity index (χ4n) is 0.397. The summed E-state index contributed by atoms with van der Waals surface area (Å²) >= 11 is 0. The standard InChI is InChI=1S/C7H10F2/c1-2-3-4-7(5-8)6-9/h2-3,5H,4,6H2,1H3. The summed E-state index contributed by atoms with van der Waals surface area (Å²) < 4.78 is 23.2. The maximum Gasteiger partial charge on any atom is 0.113 e. The molecule has 0 nitrogen and oxygen atoms in total. The van der Waals surface area contributed by atoms with Crippen molar-refractivity contribution < 1.29 is 8.78 Å². The van der Waals surface area contributed by atoms with Gasteiger partial charge in [-0.3, -0.25) is 0 Å². The number of hydrogen-bond donors (Lipinski definition) is 0. The van der Waals surface area contributed by atoms with Gasteiger partial charge in [0.25, 0.3) is 0 Å². The molecule has 52 valence electrons. The molecular formula is C7H10F2. The highest BCUT2D eigenvalue weighted by atomic mass is 19.1. The number of hydrogen-bond acceptors (Lipinski definition) is 0. The molecule has 9 heavy (non-hydrogen) atoms. The van der Waals surface area contributed by atoms with E-state index in [0.717, 1.165) is 0 Å². The van der Waals surface area contributed by atoms with E-state index in [9.17, 15) is 8.78 Å². The lowest BCUT2D eigenvalue weighted by molar-refractivity contribution is 0.527. The Labute approximate surface area is 53.9 Å². The second kappa shape index (κ2) is 5.48. The first kappa shape index (κ1) is 8.34. The van der Waals surface area contributed by atoms with Crippen LogP contribution in [-0.4, -0.2) is 6.67 Å². The van der Waals surface area contributed by atoms with Crippen molar-refractivity contribution in [3.8, 4) is 0 Å². The van der Waals surface area contributed by atoms with E-state index in [1.165, 1.54) is 0 Å². The van der Waals surface area contributed by atoms with Crippen molar-refractivity contribution in [2.75, 3.05) is 6.67 Å². The summed E-state index contributed by atoms with van der Waals surface area (Å²) in [7, 11) is 0. The van der Waals surface area contributed by atoms with Gasteiger partial charge in [-0.25, -0.2) is 8.78 Å². The Morgan fingerprint density at radius 2 is 2.22 bits per heavy atom. The normalized spacial score (nSPS) is 13.0. The van der Waals surface area contributed by atoms with Crippen LogP contribution in [0.1, 0.15) is 13.3 Å². The van der Waals surface area contributed by atoms with E-state index in [1.54, 1.807) is 12.2 Å². The van der Waals surface area contributed by atoms with E-state index in [2.05, 4.69) is 0 Å². The molecule has 0 aromatic heterocycles. The number of allylic oxidation sites excluding steroid dienone is 3. The predicted molar refractivity (Wildman–Crippen MR) is 34.6 cm³/mol. The van der Waals surface area contributed by atoms with Crippen molar-refractivity contribution in [2.45, 2.75) is 13.3 Å². The third-order valence-electron chi connectivity index (χ3n) is 0.942. The molecule has 0 atom stereocenters. The van der Waals surface area contributed by atoms with Gasteiger partial charge in [0.15, 0.2) is 0 Å². The summed E-state index contributed by atoms with van der Waals surface area (Å²) in [5.41, 5.74) is 0.188. The molecule has 0 fully saturated rings. The maximum atomic E-state index is 11.6. The van der Waals surface area contributed by atoms with Crippen LogP contribution in [0.25, 0.3) is 0 Å². The van der Waals surface area contributed by atoms with Crippen molar-refractivity contribution in [2.24, 2.45) is 0 Å². The Morgan fingerprint density at radius 3 is 2.56 bits per heavy atom. The maximum absolute atomic E-state index is 11.6. The summed E-state index contributed by atoms with van der Waals surface area (Å²) in [5, 5.41) is 0. The predicted octanol–water partition coefficient (Wildman–Crippen LogP) is 2.78. The van der Waals surface area contributed by atoms with Gasteiger partial charge in [0.1, 0.15) is 6.67 Å². The highest BCUT2D eigenvalue weighted by Crippen LogP contribution is 2.02. The molecule has 0 aliphatic heterocycles. The number of alkyl halides is 1. The Bertz CT molecular complexity index is 114. The van der Waals surface area contributed by atoms with E-state index in [0.29, 0.717) is 12.8 Å². The molecule has 0 rings (SSSR count). The molecule has 0 saturated carbocycles. The molecule has 0 spiro atoms. The zero-order valence-electron chi connectivity index (χ0n) is 5.40. The van der Waals surface area contributed by atoms with Crippen molar-refractivity contribution in [1.29, 1.82) is 0 Å². The van der Waals surface area contributed by atoms with Crippen LogP contribution < -0.4 is 0 Å². The molecule has 0 aromatic carbocycles. The SMILES string of the molecule is CC=CCC(=CF)CF. The lowest BCUT2D eigenvalue weighted by atomic mass is 10.2. The van der Waals surface area contributed by atoms with E-state index in [1.807, 2.05) is 6.92 Å². The third kappa shape index (κ3) is 3.88. The van der Waals surface area contributed by atoms with Crippen LogP contribution >= 0.6 is 0 Å². The highest BCUT2D eigenvalue weighted by Gasteiger charge is 1.90. The van der Waals surface area contributed by atoms with Crippen LogP contribution in [-0.2, 0) is 0 Å². The van der Waals surface area contributed by atoms with E-state index < -0.39 is 6.67 Å². The largest absolute Gasteiger partial charge is 0.246 e. The van der Waals surface area contributed by atoms with Crippen molar-refractivity contribution in [3.63, 3.8) is 0 Å². The zero-order valence-corrected chi connectivity index (χ0v) is 5.40. The fraction of sp³-hybridized carbons (Fsp3) is 0.429. The molecule has 0 aliphatic carbocycles. The monoisotopic (exact) mass is 132 g/mol. The quantitative estimate of drug-likeness (QED) is 0.518. The van der Waals surface area contributed by atoms with E-state index >= 15 is 0 Å². The summed E-state index contributed by atoms with van der Waals surface area (Å²) in [6, 6.07) is 0. The van der Waals surface area contributed by atoms with Crippen LogP contribution in [0.3, 0.4) is 0 Å². The summed E-state index contributed by atoms with van der Waals surface area (Å²) in [4.78, 5) is 0. The topological polar surface area (TPSA) is 0 Å². The van der Waals surface area contributed by atoms with E-state index in [-0.39, 0.29) is 5.57 Å². The van der Waals surface area contributed by atoms with Crippen molar-refractivity contribution >= 4 is 0 Å². The molecule has 0 unspecified atom stereocenters. The van der Waals surface area contributed by atoms with Crippen LogP contribution in [0, 0.1) is 0 Å². The minimum Gasteiger partial charge on any atom is -0.246 e. The van der Waals surface area contributed by atoms with Crippen LogP contribution in [0.5, 0.6) is 0 Å². The average molecular weight is 132 g/mol. The zero-order chi connectivity index (χ0) is 7.11. The third-order valence-corrected chi connectivity index (χ3v) is 0.942. The lowest BCUT2D eigenvalue weighted by Gasteiger charge is -1.90. The Kier molecular flexibility index (Phi) is 5.07. The summed E-state index contributed by atoms with van der Waals surface area (Å²) in [6.45, 7) is 1.12. The molecule has 0 N–H and O–H groups in total. The van der Waals surface area contributed by atoms with Crippen molar-refractivity contribution in [3.05, 3.63) is 24.1 Å². The van der Waals surface area contributed by atoms with Gasteiger partial charge in [-0.15, -0.1) is 0 Å². The number of halogens is 2. The second-order valence-corrected chi connectivity index (χ2v) is 1.67. The molecule has 0 aromatic rings. The Balaban J connectivity index is 3.58. The summed E-state index contributed by atoms with van der Waals surface area (Å²) in [6.07, 6.45) is 4.17. The van der Waals surface area contributed by atoms with Gasteiger partial charge in [0.2, 0.25) is 0 Å². The molecule has 2 heteroatoms. The van der Waals surface area contributed by atoms with Gasteiger partial charge in [-0.1, -0.05) is 12.2 Å². The molecule has 0 radical (unpaired) electrons. The van der Waals surface area contributed by atoms with Crippen LogP contribution in [0.2, 0.25) is 0 Å². The Morgan fingerprint density at radius 1 is 1.56 bits per heavy atom. The molecule has 0 amide bonds. The van der Waals surface area contributed by atoms with Gasteiger partial charge in [0.05, 0.1) is 6.33 Å². The van der Waals surface area contributed by atoms with Crippen molar-refractivity contribution in [1.82, 2.24) is 0 Å². The molecule has 0 aliphatic rings. The molecule has 0 saturated heterocycles. The second-order valence-electron chi connectivity index (χ2n) is 1.67. The minimum absolute atomic E-state index is 0.188. The molecular weight excluding hydrogens is 122 g/mol. The Hall–Kier alpha value is -0.660. The smallest absolute Gasteiger partial charge is 0.113 e. The molecule has 0 bridgehead atoms. The first-order valence-corrected chi connectivity index (χ1v) is 2.80. The minimum atomic E-state index is -0.694. The van der Waals surface area contributed by atoms with Gasteiger partial charge < -0.3 is 0 Å². The molecule has 0 heterocycles. The number of rotatable bonds is 3. The van der Waals surface area contributed by atoms with Gasteiger partial charge in [0, 0.05) is 0 Å². The van der Waals surface area contributed by atoms with Crippen LogP contribution in [0.4, 0.5) is 8.78 Å². The first-order chi connectivity index (χ1) is 4.35. The van der Waals surface area contributed by atoms with Gasteiger partial charge >= 0.3 is 0 Å². The van der Waals surface area contributed by atoms with Crippen LogP contribution in [0.15, 0.2) is 24.1 Å². The van der Waals surface area contributed by atoms with E-state index in [4.69, 9.17) is 0 Å². The average Bonchev–Trinajstić information content (AvgIpc) is 1.91. The fourth-order valence-corrected chi connectivity index (χ4v) is 0.397. The first-order valence-electron chi connectivity index (χ1n) is 2.80. The van der Waals surface area contributed by atoms with Gasteiger partial charge in [-0.05, 0) is 18.9 Å².